The normalized spacial score (nSPS) is 26.1. The first-order chi connectivity index (χ1) is 9.53. The minimum absolute atomic E-state index is 0.275. The summed E-state index contributed by atoms with van der Waals surface area (Å²) in [6.45, 7) is 7.61. The minimum atomic E-state index is -0.602. The van der Waals surface area contributed by atoms with Crippen LogP contribution in [-0.2, 0) is 9.53 Å². The summed E-state index contributed by atoms with van der Waals surface area (Å²) in [5.74, 6) is 0.448. The number of carbonyl (C=O) groups is 1. The molecule has 0 radical (unpaired) electrons. The molecule has 3 N–H and O–H groups in total. The molecule has 0 aliphatic heterocycles. The Morgan fingerprint density at radius 1 is 1.35 bits per heavy atom. The molecule has 3 unspecified atom stereocenters. The van der Waals surface area contributed by atoms with Crippen LogP contribution in [0.2, 0.25) is 0 Å². The highest BCUT2D eigenvalue weighted by molar-refractivity contribution is 5.84. The van der Waals surface area contributed by atoms with E-state index in [1.165, 1.54) is 32.1 Å². The quantitative estimate of drug-likeness (QED) is 0.640. The largest absolute Gasteiger partial charge is 0.378 e. The number of hydrogen-bond acceptors (Lipinski definition) is 3. The molecule has 1 aliphatic carbocycles. The molecular formula is C16H32N2O2. The molecule has 1 fully saturated rings. The van der Waals surface area contributed by atoms with E-state index < -0.39 is 5.54 Å². The van der Waals surface area contributed by atoms with Crippen LogP contribution in [0, 0.1) is 5.92 Å². The predicted molar refractivity (Wildman–Crippen MR) is 82.5 cm³/mol. The second-order valence-electron chi connectivity index (χ2n) is 6.19. The molecule has 0 aromatic heterocycles. The van der Waals surface area contributed by atoms with Gasteiger partial charge in [0.05, 0.1) is 11.6 Å². The van der Waals surface area contributed by atoms with E-state index in [4.69, 9.17) is 10.5 Å². The number of ether oxygens (including phenoxy) is 1. The van der Waals surface area contributed by atoms with Gasteiger partial charge in [0.25, 0.3) is 0 Å². The zero-order chi connectivity index (χ0) is 15.0. The first-order valence-electron chi connectivity index (χ1n) is 8.20. The van der Waals surface area contributed by atoms with Crippen LogP contribution in [0.3, 0.4) is 0 Å². The fourth-order valence-corrected chi connectivity index (χ4v) is 3.21. The number of nitrogens with two attached hydrogens (primary N) is 1. The van der Waals surface area contributed by atoms with Crippen molar-refractivity contribution in [2.45, 2.75) is 77.4 Å². The fourth-order valence-electron chi connectivity index (χ4n) is 3.21. The van der Waals surface area contributed by atoms with Crippen LogP contribution in [0.15, 0.2) is 0 Å². The van der Waals surface area contributed by atoms with Gasteiger partial charge in [-0.3, -0.25) is 4.79 Å². The highest BCUT2D eigenvalue weighted by atomic mass is 16.5. The third-order valence-corrected chi connectivity index (χ3v) is 4.63. The highest BCUT2D eigenvalue weighted by Crippen LogP contribution is 2.29. The van der Waals surface area contributed by atoms with Crippen molar-refractivity contribution in [3.05, 3.63) is 0 Å². The highest BCUT2D eigenvalue weighted by Gasteiger charge is 2.29. The number of primary amides is 1. The molecule has 20 heavy (non-hydrogen) atoms. The third kappa shape index (κ3) is 5.06. The maximum absolute atomic E-state index is 11.5. The van der Waals surface area contributed by atoms with Crippen LogP contribution in [0.1, 0.15) is 65.7 Å². The number of rotatable bonds is 9. The Labute approximate surface area is 123 Å². The number of likely N-dealkylation sites (N-methyl/N-ethyl adjacent to an activating group) is 1. The van der Waals surface area contributed by atoms with Crippen LogP contribution in [0.4, 0.5) is 0 Å². The topological polar surface area (TPSA) is 64.3 Å². The summed E-state index contributed by atoms with van der Waals surface area (Å²) in [6.07, 6.45) is 8.37. The number of amides is 1. The van der Waals surface area contributed by atoms with Gasteiger partial charge in [-0.25, -0.2) is 0 Å². The average molecular weight is 284 g/mol. The standard InChI is InChI=1S/C16H32N2O2/c1-4-13-9-6-7-10-14(13)20-12-8-11-16(3,15(17)19)18-5-2/h13-14,18H,4-12H2,1-3H3,(H2,17,19). The molecule has 3 atom stereocenters. The van der Waals surface area contributed by atoms with Crippen LogP contribution < -0.4 is 11.1 Å². The number of hydrogen-bond donors (Lipinski definition) is 2. The van der Waals surface area contributed by atoms with Gasteiger partial charge in [0.1, 0.15) is 0 Å². The SMILES string of the molecule is CCNC(C)(CCCOC1CCCCC1CC)C(N)=O. The molecule has 0 aromatic carbocycles. The lowest BCUT2D eigenvalue weighted by molar-refractivity contribution is -0.124. The van der Waals surface area contributed by atoms with Crippen molar-refractivity contribution in [2.24, 2.45) is 11.7 Å². The Bertz CT molecular complexity index is 296. The van der Waals surface area contributed by atoms with Gasteiger partial charge in [-0.2, -0.15) is 0 Å². The van der Waals surface area contributed by atoms with E-state index in [0.717, 1.165) is 31.9 Å². The summed E-state index contributed by atoms with van der Waals surface area (Å²) in [4.78, 5) is 11.5. The Morgan fingerprint density at radius 3 is 2.65 bits per heavy atom. The lowest BCUT2D eigenvalue weighted by Gasteiger charge is -2.31. The first-order valence-corrected chi connectivity index (χ1v) is 8.20. The van der Waals surface area contributed by atoms with E-state index in [-0.39, 0.29) is 5.91 Å². The van der Waals surface area contributed by atoms with Gasteiger partial charge < -0.3 is 15.8 Å². The molecule has 4 nitrogen and oxygen atoms in total. The molecule has 0 aromatic rings. The molecule has 1 aliphatic rings. The molecule has 4 heteroatoms. The van der Waals surface area contributed by atoms with Gasteiger partial charge in [-0.05, 0) is 45.1 Å². The molecule has 0 saturated heterocycles. The smallest absolute Gasteiger partial charge is 0.237 e. The molecule has 0 spiro atoms. The lowest BCUT2D eigenvalue weighted by atomic mass is 9.85. The lowest BCUT2D eigenvalue weighted by Crippen LogP contribution is -2.53. The van der Waals surface area contributed by atoms with Crippen LogP contribution in [0.25, 0.3) is 0 Å². The van der Waals surface area contributed by atoms with Gasteiger partial charge in [0, 0.05) is 6.61 Å². The summed E-state index contributed by atoms with van der Waals surface area (Å²) in [5, 5.41) is 3.19. The molecule has 0 bridgehead atoms. The Hall–Kier alpha value is -0.610. The van der Waals surface area contributed by atoms with E-state index in [0.29, 0.717) is 6.10 Å². The predicted octanol–water partition coefficient (Wildman–Crippen LogP) is 2.61. The van der Waals surface area contributed by atoms with E-state index in [1.807, 2.05) is 13.8 Å². The maximum atomic E-state index is 11.5. The maximum Gasteiger partial charge on any atom is 0.237 e. The van der Waals surface area contributed by atoms with Crippen LogP contribution in [-0.4, -0.2) is 30.7 Å². The monoisotopic (exact) mass is 284 g/mol. The number of nitrogens with one attached hydrogen (secondary N) is 1. The van der Waals surface area contributed by atoms with Gasteiger partial charge >= 0.3 is 0 Å². The molecule has 1 amide bonds. The zero-order valence-corrected chi connectivity index (χ0v) is 13.4. The Kier molecular flexibility index (Phi) is 7.52. The Balaban J connectivity index is 2.30. The van der Waals surface area contributed by atoms with Crippen molar-refractivity contribution >= 4 is 5.91 Å². The van der Waals surface area contributed by atoms with Crippen molar-refractivity contribution in [1.82, 2.24) is 5.32 Å². The zero-order valence-electron chi connectivity index (χ0n) is 13.4. The van der Waals surface area contributed by atoms with E-state index in [2.05, 4.69) is 12.2 Å². The molecule has 0 heterocycles. The molecule has 118 valence electrons. The summed E-state index contributed by atoms with van der Waals surface area (Å²) in [5.41, 5.74) is 4.88. The average Bonchev–Trinajstić information content (AvgIpc) is 2.44. The van der Waals surface area contributed by atoms with Crippen LogP contribution in [0.5, 0.6) is 0 Å². The van der Waals surface area contributed by atoms with Crippen molar-refractivity contribution in [3.8, 4) is 0 Å². The summed E-state index contributed by atoms with van der Waals surface area (Å²) in [6, 6.07) is 0. The second-order valence-corrected chi connectivity index (χ2v) is 6.19. The fraction of sp³-hybridized carbons (Fsp3) is 0.938. The van der Waals surface area contributed by atoms with Gasteiger partial charge in [-0.15, -0.1) is 0 Å². The van der Waals surface area contributed by atoms with E-state index >= 15 is 0 Å². The summed E-state index contributed by atoms with van der Waals surface area (Å²) in [7, 11) is 0. The van der Waals surface area contributed by atoms with Crippen molar-refractivity contribution in [2.75, 3.05) is 13.2 Å². The van der Waals surface area contributed by atoms with Gasteiger partial charge in [-0.1, -0.05) is 33.1 Å². The Morgan fingerprint density at radius 2 is 2.05 bits per heavy atom. The first kappa shape index (κ1) is 17.4. The second kappa shape index (κ2) is 8.63. The molecule has 1 rings (SSSR count). The third-order valence-electron chi connectivity index (χ3n) is 4.63. The van der Waals surface area contributed by atoms with E-state index in [9.17, 15) is 4.79 Å². The summed E-state index contributed by atoms with van der Waals surface area (Å²) >= 11 is 0. The molecule has 1 saturated carbocycles. The van der Waals surface area contributed by atoms with Crippen molar-refractivity contribution in [3.63, 3.8) is 0 Å². The van der Waals surface area contributed by atoms with Gasteiger partial charge in [0.15, 0.2) is 0 Å². The summed E-state index contributed by atoms with van der Waals surface area (Å²) < 4.78 is 6.06. The minimum Gasteiger partial charge on any atom is -0.378 e. The van der Waals surface area contributed by atoms with Crippen LogP contribution >= 0.6 is 0 Å². The number of carbonyl (C=O) groups excluding carboxylic acids is 1. The van der Waals surface area contributed by atoms with Gasteiger partial charge in [0.2, 0.25) is 5.91 Å². The molecular weight excluding hydrogens is 252 g/mol. The van der Waals surface area contributed by atoms with Crippen molar-refractivity contribution < 1.29 is 9.53 Å². The van der Waals surface area contributed by atoms with Crippen molar-refractivity contribution in [1.29, 1.82) is 0 Å². The van der Waals surface area contributed by atoms with E-state index in [1.54, 1.807) is 0 Å².